The van der Waals surface area contributed by atoms with Crippen molar-refractivity contribution in [1.82, 2.24) is 9.97 Å². The molecule has 2 amide bonds. The largest absolute Gasteiger partial charge is 0.336 e. The summed E-state index contributed by atoms with van der Waals surface area (Å²) in [6.07, 6.45) is 0. The Labute approximate surface area is 158 Å². The van der Waals surface area contributed by atoms with Crippen molar-refractivity contribution in [2.75, 3.05) is 16.8 Å². The Morgan fingerprint density at radius 2 is 2.00 bits per heavy atom. The first-order valence-electron chi connectivity index (χ1n) is 7.49. The summed E-state index contributed by atoms with van der Waals surface area (Å²) < 4.78 is 23.2. The lowest BCUT2D eigenvalue weighted by atomic mass is 10.3. The minimum Gasteiger partial charge on any atom is -0.336 e. The van der Waals surface area contributed by atoms with E-state index in [9.17, 15) is 13.2 Å². The number of aromatic nitrogens is 2. The van der Waals surface area contributed by atoms with Gasteiger partial charge in [-0.05, 0) is 55.5 Å². The van der Waals surface area contributed by atoms with E-state index in [1.165, 1.54) is 40.5 Å². The molecule has 3 aromatic rings. The summed E-state index contributed by atoms with van der Waals surface area (Å²) in [6, 6.07) is 8.77. The van der Waals surface area contributed by atoms with Crippen LogP contribution < -0.4 is 15.4 Å². The number of sulfonamides is 1. The smallest absolute Gasteiger partial charge is 0.327 e. The van der Waals surface area contributed by atoms with Crippen LogP contribution in [0.1, 0.15) is 6.92 Å². The number of primary sulfonamides is 1. The van der Waals surface area contributed by atoms with E-state index in [0.29, 0.717) is 22.0 Å². The van der Waals surface area contributed by atoms with Crippen LogP contribution in [0.3, 0.4) is 0 Å². The van der Waals surface area contributed by atoms with E-state index in [0.717, 1.165) is 10.3 Å². The summed E-state index contributed by atoms with van der Waals surface area (Å²) in [5.41, 5.74) is 1.26. The third kappa shape index (κ3) is 3.90. The molecule has 136 valence electrons. The third-order valence-electron chi connectivity index (χ3n) is 3.54. The molecular formula is C15H15N5O3S3. The number of aromatic amines is 1. The lowest BCUT2D eigenvalue weighted by molar-refractivity contribution is 0.257. The van der Waals surface area contributed by atoms with Gasteiger partial charge in [-0.2, -0.15) is 0 Å². The molecule has 3 rings (SSSR count). The summed E-state index contributed by atoms with van der Waals surface area (Å²) >= 11 is 6.44. The van der Waals surface area contributed by atoms with Crippen molar-refractivity contribution in [3.8, 4) is 0 Å². The zero-order chi connectivity index (χ0) is 18.9. The van der Waals surface area contributed by atoms with Crippen LogP contribution in [-0.2, 0) is 10.0 Å². The highest BCUT2D eigenvalue weighted by Crippen LogP contribution is 2.22. The van der Waals surface area contributed by atoms with Crippen LogP contribution in [0.25, 0.3) is 10.3 Å². The van der Waals surface area contributed by atoms with E-state index in [1.54, 1.807) is 6.07 Å². The van der Waals surface area contributed by atoms with Crippen molar-refractivity contribution in [2.24, 2.45) is 5.14 Å². The van der Waals surface area contributed by atoms with Crippen molar-refractivity contribution in [3.63, 3.8) is 0 Å². The van der Waals surface area contributed by atoms with Gasteiger partial charge >= 0.3 is 6.03 Å². The number of urea groups is 1. The monoisotopic (exact) mass is 409 g/mol. The lowest BCUT2D eigenvalue weighted by Crippen LogP contribution is -2.35. The predicted octanol–water partition coefficient (Wildman–Crippen LogP) is 3.06. The number of pyridine rings is 1. The second-order valence-corrected chi connectivity index (χ2v) is 8.51. The van der Waals surface area contributed by atoms with Crippen molar-refractivity contribution in [1.29, 1.82) is 0 Å². The molecule has 0 spiro atoms. The van der Waals surface area contributed by atoms with E-state index in [2.05, 4.69) is 15.3 Å². The first kappa shape index (κ1) is 18.5. The Kier molecular flexibility index (Phi) is 5.05. The number of nitrogens with one attached hydrogen (secondary N) is 2. The van der Waals surface area contributed by atoms with Crippen molar-refractivity contribution in [2.45, 2.75) is 11.8 Å². The predicted molar refractivity (Wildman–Crippen MR) is 105 cm³/mol. The number of rotatable bonds is 4. The van der Waals surface area contributed by atoms with Crippen LogP contribution in [0.2, 0.25) is 0 Å². The second-order valence-electron chi connectivity index (χ2n) is 5.28. The van der Waals surface area contributed by atoms with E-state index in [1.807, 2.05) is 13.0 Å². The van der Waals surface area contributed by atoms with Gasteiger partial charge in [0.15, 0.2) is 3.95 Å². The number of amides is 2. The van der Waals surface area contributed by atoms with E-state index in [4.69, 9.17) is 17.4 Å². The standard InChI is InChI=1S/C15H15N5O3S3/c1-2-20(12-8-7-11-13(19-12)25-15(24)18-11)14(21)17-9-3-5-10(6-4-9)26(16,22)23/h3-8H,2H2,1H3,(H,17,21)(H,18,24)(H2,16,22,23). The van der Waals surface area contributed by atoms with Crippen LogP contribution in [-0.4, -0.2) is 31.0 Å². The molecule has 26 heavy (non-hydrogen) atoms. The van der Waals surface area contributed by atoms with Crippen LogP contribution in [0.5, 0.6) is 0 Å². The average Bonchev–Trinajstić information content (AvgIpc) is 2.94. The molecule has 2 aromatic heterocycles. The number of anilines is 2. The highest BCUT2D eigenvalue weighted by atomic mass is 32.2. The van der Waals surface area contributed by atoms with E-state index in [-0.39, 0.29) is 10.9 Å². The zero-order valence-electron chi connectivity index (χ0n) is 13.6. The van der Waals surface area contributed by atoms with Gasteiger partial charge in [-0.25, -0.2) is 23.3 Å². The topological polar surface area (TPSA) is 121 Å². The molecule has 4 N–H and O–H groups in total. The third-order valence-corrected chi connectivity index (χ3v) is 5.62. The zero-order valence-corrected chi connectivity index (χ0v) is 16.0. The van der Waals surface area contributed by atoms with E-state index < -0.39 is 10.0 Å². The van der Waals surface area contributed by atoms with Gasteiger partial charge in [0.1, 0.15) is 10.6 Å². The number of nitrogens with zero attached hydrogens (tertiary/aromatic N) is 2. The summed E-state index contributed by atoms with van der Waals surface area (Å²) in [6.45, 7) is 2.23. The van der Waals surface area contributed by atoms with Gasteiger partial charge in [0.25, 0.3) is 0 Å². The molecule has 0 fully saturated rings. The summed E-state index contributed by atoms with van der Waals surface area (Å²) in [7, 11) is -3.77. The minimum atomic E-state index is -3.77. The van der Waals surface area contributed by atoms with E-state index >= 15 is 0 Å². The van der Waals surface area contributed by atoms with Crippen LogP contribution >= 0.6 is 23.6 Å². The van der Waals surface area contributed by atoms with Gasteiger partial charge in [0, 0.05) is 12.2 Å². The fourth-order valence-electron chi connectivity index (χ4n) is 2.31. The number of nitrogens with two attached hydrogens (primary N) is 1. The van der Waals surface area contributed by atoms with Crippen LogP contribution in [0, 0.1) is 3.95 Å². The molecule has 0 unspecified atom stereocenters. The Balaban J connectivity index is 1.82. The number of benzene rings is 1. The first-order valence-corrected chi connectivity index (χ1v) is 10.3. The lowest BCUT2D eigenvalue weighted by Gasteiger charge is -2.20. The van der Waals surface area contributed by atoms with Crippen molar-refractivity contribution in [3.05, 3.63) is 40.4 Å². The normalized spacial score (nSPS) is 11.5. The number of fused-ring (bicyclic) bond motifs is 1. The first-order chi connectivity index (χ1) is 12.3. The van der Waals surface area contributed by atoms with Gasteiger partial charge in [0.05, 0.1) is 10.4 Å². The maximum atomic E-state index is 12.6. The van der Waals surface area contributed by atoms with Gasteiger partial charge in [-0.1, -0.05) is 11.3 Å². The SMILES string of the molecule is CCN(C(=O)Nc1ccc(S(N)(=O)=O)cc1)c1ccc2[nH]c(=S)sc2n1. The number of carbonyl (C=O) groups is 1. The quantitative estimate of drug-likeness (QED) is 0.572. The van der Waals surface area contributed by atoms with Crippen LogP contribution in [0.4, 0.5) is 16.3 Å². The Bertz CT molecular complexity index is 1120. The highest BCUT2D eigenvalue weighted by Gasteiger charge is 2.17. The molecule has 2 heterocycles. The fourth-order valence-corrected chi connectivity index (χ4v) is 3.87. The average molecular weight is 410 g/mol. The maximum absolute atomic E-state index is 12.6. The molecule has 0 bridgehead atoms. The summed E-state index contributed by atoms with van der Waals surface area (Å²) in [5, 5.41) is 7.77. The molecule has 0 atom stereocenters. The molecule has 1 aromatic carbocycles. The molecule has 11 heteroatoms. The van der Waals surface area contributed by atoms with Crippen LogP contribution in [0.15, 0.2) is 41.3 Å². The number of H-pyrrole nitrogens is 1. The minimum absolute atomic E-state index is 0.0244. The second kappa shape index (κ2) is 7.11. The van der Waals surface area contributed by atoms with Gasteiger partial charge in [-0.15, -0.1) is 0 Å². The highest BCUT2D eigenvalue weighted by molar-refractivity contribution is 7.89. The number of hydrogen-bond donors (Lipinski definition) is 3. The summed E-state index contributed by atoms with van der Waals surface area (Å²) in [4.78, 5) is 22.2. The fraction of sp³-hybridized carbons (Fsp3) is 0.133. The Morgan fingerprint density at radius 1 is 1.31 bits per heavy atom. The molecule has 0 aliphatic heterocycles. The molecule has 0 saturated heterocycles. The summed E-state index contributed by atoms with van der Waals surface area (Å²) in [5.74, 6) is 0.490. The molecule has 0 saturated carbocycles. The number of thiazole rings is 1. The van der Waals surface area contributed by atoms with Gasteiger partial charge in [-0.3, -0.25) is 4.90 Å². The molecule has 0 aliphatic rings. The van der Waals surface area contributed by atoms with Crippen molar-refractivity contribution < 1.29 is 13.2 Å². The molecule has 8 nitrogen and oxygen atoms in total. The van der Waals surface area contributed by atoms with Gasteiger partial charge < -0.3 is 10.3 Å². The maximum Gasteiger partial charge on any atom is 0.327 e. The molecule has 0 radical (unpaired) electrons. The Hall–Kier alpha value is -2.34. The molecular weight excluding hydrogens is 394 g/mol. The van der Waals surface area contributed by atoms with Gasteiger partial charge in [0.2, 0.25) is 10.0 Å². The Morgan fingerprint density at radius 3 is 2.62 bits per heavy atom. The number of carbonyl (C=O) groups excluding carboxylic acids is 1. The van der Waals surface area contributed by atoms with Crippen molar-refractivity contribution >= 4 is 61.5 Å². The number of hydrogen-bond acceptors (Lipinski definition) is 6. The molecule has 0 aliphatic carbocycles.